The summed E-state index contributed by atoms with van der Waals surface area (Å²) in [7, 11) is 1.61. The van der Waals surface area contributed by atoms with E-state index >= 15 is 0 Å². The molecule has 1 aliphatic heterocycles. The first-order valence-corrected chi connectivity index (χ1v) is 9.86. The molecular formula is C21H20BrFN4O3. The topological polar surface area (TPSA) is 97.0 Å². The molecule has 3 rings (SSSR count). The maximum absolute atomic E-state index is 12.9. The van der Waals surface area contributed by atoms with E-state index in [2.05, 4.69) is 26.2 Å². The van der Waals surface area contributed by atoms with Crippen LogP contribution in [0.25, 0.3) is 0 Å². The van der Waals surface area contributed by atoms with Gasteiger partial charge in [0.2, 0.25) is 0 Å². The van der Waals surface area contributed by atoms with Crippen molar-refractivity contribution < 1.29 is 18.7 Å². The zero-order chi connectivity index (χ0) is 21.7. The number of anilines is 1. The molecule has 156 valence electrons. The van der Waals surface area contributed by atoms with Crippen LogP contribution in [0.5, 0.6) is 5.75 Å². The Hall–Kier alpha value is -3.20. The number of likely N-dealkylation sites (N-methyl/N-ethyl adjacent to an activating group) is 1. The fourth-order valence-corrected chi connectivity index (χ4v) is 3.21. The Morgan fingerprint density at radius 3 is 2.83 bits per heavy atom. The number of benzene rings is 2. The molecule has 1 unspecified atom stereocenters. The Morgan fingerprint density at radius 1 is 1.37 bits per heavy atom. The number of nitrogens with one attached hydrogen (secondary N) is 1. The van der Waals surface area contributed by atoms with Gasteiger partial charge in [-0.25, -0.2) is 14.2 Å². The van der Waals surface area contributed by atoms with E-state index in [0.717, 1.165) is 10.0 Å². The first kappa shape index (κ1) is 21.5. The Kier molecular flexibility index (Phi) is 6.83. The molecule has 7 nitrogen and oxygen atoms in total. The van der Waals surface area contributed by atoms with Gasteiger partial charge in [-0.2, -0.15) is 0 Å². The fraction of sp³-hybridized carbons (Fsp3) is 0.190. The van der Waals surface area contributed by atoms with Crippen LogP contribution in [0.3, 0.4) is 0 Å². The van der Waals surface area contributed by atoms with Crippen molar-refractivity contribution in [3.8, 4) is 5.75 Å². The fourth-order valence-electron chi connectivity index (χ4n) is 2.86. The van der Waals surface area contributed by atoms with E-state index in [1.807, 2.05) is 6.07 Å². The molecule has 3 N–H and O–H groups in total. The highest BCUT2D eigenvalue weighted by Crippen LogP contribution is 2.33. The minimum Gasteiger partial charge on any atom is -0.489 e. The number of carbonyl (C=O) groups is 2. The van der Waals surface area contributed by atoms with Crippen LogP contribution in [0.15, 0.2) is 63.7 Å². The Bertz CT molecular complexity index is 1010. The van der Waals surface area contributed by atoms with Gasteiger partial charge in [-0.1, -0.05) is 28.1 Å². The Labute approximate surface area is 181 Å². The molecule has 0 saturated heterocycles. The summed E-state index contributed by atoms with van der Waals surface area (Å²) in [4.78, 5) is 30.0. The highest BCUT2D eigenvalue weighted by molar-refractivity contribution is 9.10. The molecule has 1 heterocycles. The molecule has 1 aliphatic rings. The van der Waals surface area contributed by atoms with Crippen molar-refractivity contribution in [1.82, 2.24) is 5.32 Å². The summed E-state index contributed by atoms with van der Waals surface area (Å²) in [6, 6.07) is 9.71. The Morgan fingerprint density at radius 2 is 2.10 bits per heavy atom. The van der Waals surface area contributed by atoms with Crippen molar-refractivity contribution in [3.05, 3.63) is 70.1 Å². The number of urea groups is 1. The number of carbonyl (C=O) groups excluding carboxylic acids is 2. The molecular weight excluding hydrogens is 455 g/mol. The van der Waals surface area contributed by atoms with E-state index < -0.39 is 12.1 Å². The molecule has 1 atom stereocenters. The molecule has 0 radical (unpaired) electrons. The van der Waals surface area contributed by atoms with Crippen LogP contribution in [0, 0.1) is 5.82 Å². The number of hydrogen-bond donors (Lipinski definition) is 2. The molecule has 3 amide bonds. The van der Waals surface area contributed by atoms with Crippen molar-refractivity contribution in [3.63, 3.8) is 0 Å². The lowest BCUT2D eigenvalue weighted by Crippen LogP contribution is -2.48. The summed E-state index contributed by atoms with van der Waals surface area (Å²) in [6.07, 6.45) is 3.13. The summed E-state index contributed by atoms with van der Waals surface area (Å²) < 4.78 is 19.4. The SMILES string of the molecule is CN1C(=O)C(NC(=O)/N=C/C=C(\N)Cc2ccc(F)cc2)COc2ccc(Br)cc21. The normalized spacial score (nSPS) is 16.8. The van der Waals surface area contributed by atoms with Crippen LogP contribution in [0.1, 0.15) is 5.56 Å². The van der Waals surface area contributed by atoms with Gasteiger partial charge in [0.25, 0.3) is 5.91 Å². The molecule has 2 aromatic rings. The third kappa shape index (κ3) is 5.44. The van der Waals surface area contributed by atoms with Gasteiger partial charge in [0.05, 0.1) is 5.69 Å². The number of nitrogens with zero attached hydrogens (tertiary/aromatic N) is 2. The number of nitrogens with two attached hydrogens (primary N) is 1. The lowest BCUT2D eigenvalue weighted by molar-refractivity contribution is -0.120. The zero-order valence-corrected chi connectivity index (χ0v) is 17.7. The maximum Gasteiger partial charge on any atom is 0.341 e. The molecule has 0 spiro atoms. The van der Waals surface area contributed by atoms with Gasteiger partial charge in [0, 0.05) is 29.9 Å². The smallest absolute Gasteiger partial charge is 0.341 e. The van der Waals surface area contributed by atoms with Gasteiger partial charge in [-0.3, -0.25) is 4.79 Å². The predicted molar refractivity (Wildman–Crippen MR) is 116 cm³/mol. The lowest BCUT2D eigenvalue weighted by Gasteiger charge is -2.19. The van der Waals surface area contributed by atoms with Crippen molar-refractivity contribution in [2.24, 2.45) is 10.7 Å². The van der Waals surface area contributed by atoms with Gasteiger partial charge >= 0.3 is 6.03 Å². The first-order valence-electron chi connectivity index (χ1n) is 9.07. The van der Waals surface area contributed by atoms with E-state index in [4.69, 9.17) is 10.5 Å². The largest absolute Gasteiger partial charge is 0.489 e. The molecule has 0 aromatic heterocycles. The minimum atomic E-state index is -0.883. The molecule has 2 aromatic carbocycles. The van der Waals surface area contributed by atoms with E-state index in [9.17, 15) is 14.0 Å². The second kappa shape index (κ2) is 9.53. The third-order valence-electron chi connectivity index (χ3n) is 4.42. The van der Waals surface area contributed by atoms with Crippen LogP contribution in [-0.2, 0) is 11.2 Å². The monoisotopic (exact) mass is 474 g/mol. The number of hydrogen-bond acceptors (Lipinski definition) is 4. The summed E-state index contributed by atoms with van der Waals surface area (Å²) in [5, 5.41) is 2.54. The molecule has 0 aliphatic carbocycles. The van der Waals surface area contributed by atoms with Crippen molar-refractivity contribution in [2.75, 3.05) is 18.6 Å². The average Bonchev–Trinajstić information content (AvgIpc) is 2.82. The van der Waals surface area contributed by atoms with E-state index in [-0.39, 0.29) is 18.3 Å². The number of fused-ring (bicyclic) bond motifs is 1. The second-order valence-electron chi connectivity index (χ2n) is 6.65. The van der Waals surface area contributed by atoms with Crippen LogP contribution in [-0.4, -0.2) is 37.8 Å². The van der Waals surface area contributed by atoms with Gasteiger partial charge in [0.1, 0.15) is 24.2 Å². The summed E-state index contributed by atoms with van der Waals surface area (Å²) in [5.41, 5.74) is 7.78. The van der Waals surface area contributed by atoms with Crippen LogP contribution in [0.4, 0.5) is 14.9 Å². The van der Waals surface area contributed by atoms with Crippen LogP contribution < -0.4 is 20.7 Å². The summed E-state index contributed by atoms with van der Waals surface area (Å²) in [6.45, 7) is -0.0123. The standard InChI is InChI=1S/C21H20BrFN4O3/c1-27-18-11-14(22)4-7-19(18)30-12-17(20(27)28)26-21(29)25-9-8-16(24)10-13-2-5-15(23)6-3-13/h2-9,11,17H,10,12,24H2,1H3,(H,26,29)/b16-8-,25-9+. The third-order valence-corrected chi connectivity index (χ3v) is 4.91. The summed E-state index contributed by atoms with van der Waals surface area (Å²) in [5.74, 6) is -0.0921. The van der Waals surface area contributed by atoms with Crippen LogP contribution >= 0.6 is 15.9 Å². The predicted octanol–water partition coefficient (Wildman–Crippen LogP) is 3.18. The number of amides is 3. The Balaban J connectivity index is 1.59. The minimum absolute atomic E-state index is 0.0123. The number of aliphatic imine (C=N–C) groups is 1. The molecule has 0 saturated carbocycles. The lowest BCUT2D eigenvalue weighted by atomic mass is 10.1. The highest BCUT2D eigenvalue weighted by atomic mass is 79.9. The van der Waals surface area contributed by atoms with E-state index in [0.29, 0.717) is 23.6 Å². The highest BCUT2D eigenvalue weighted by Gasteiger charge is 2.30. The number of ether oxygens (including phenoxy) is 1. The molecule has 0 bridgehead atoms. The summed E-state index contributed by atoms with van der Waals surface area (Å²) >= 11 is 3.37. The van der Waals surface area contributed by atoms with Crippen molar-refractivity contribution in [2.45, 2.75) is 12.5 Å². The maximum atomic E-state index is 12.9. The quantitative estimate of drug-likeness (QED) is 0.664. The number of halogens is 2. The van der Waals surface area contributed by atoms with Crippen molar-refractivity contribution >= 4 is 39.8 Å². The molecule has 0 fully saturated rings. The van der Waals surface area contributed by atoms with Gasteiger partial charge in [0.15, 0.2) is 0 Å². The molecule has 9 heteroatoms. The number of rotatable bonds is 4. The van der Waals surface area contributed by atoms with Gasteiger partial charge in [-0.05, 0) is 42.0 Å². The van der Waals surface area contributed by atoms with E-state index in [1.165, 1.54) is 29.3 Å². The average molecular weight is 475 g/mol. The van der Waals surface area contributed by atoms with Crippen LogP contribution in [0.2, 0.25) is 0 Å². The van der Waals surface area contributed by atoms with E-state index in [1.54, 1.807) is 31.3 Å². The second-order valence-corrected chi connectivity index (χ2v) is 7.56. The zero-order valence-electron chi connectivity index (χ0n) is 16.1. The number of allylic oxidation sites excluding steroid dienone is 2. The van der Waals surface area contributed by atoms with Gasteiger partial charge in [-0.15, -0.1) is 0 Å². The van der Waals surface area contributed by atoms with Gasteiger partial charge < -0.3 is 20.7 Å². The van der Waals surface area contributed by atoms with Crippen molar-refractivity contribution in [1.29, 1.82) is 0 Å². The first-order chi connectivity index (χ1) is 14.3. The molecule has 30 heavy (non-hydrogen) atoms.